The largest absolute Gasteiger partial charge is 0.208 e. The van der Waals surface area contributed by atoms with Crippen LogP contribution in [-0.2, 0) is 0 Å². The molecule has 7 aromatic carbocycles. The fourth-order valence-electron chi connectivity index (χ4n) is 8.19. The first-order chi connectivity index (χ1) is 31.9. The molecule has 0 aliphatic heterocycles. The van der Waals surface area contributed by atoms with E-state index in [1.54, 1.807) is 0 Å². The van der Waals surface area contributed by atoms with Crippen molar-refractivity contribution in [2.24, 2.45) is 0 Å². The van der Waals surface area contributed by atoms with E-state index in [0.29, 0.717) is 34.9 Å². The molecular formula is C59H44N6. The first kappa shape index (κ1) is 40.6. The van der Waals surface area contributed by atoms with Gasteiger partial charge in [0.05, 0.1) is 0 Å². The van der Waals surface area contributed by atoms with Gasteiger partial charge in [-0.2, -0.15) is 0 Å². The van der Waals surface area contributed by atoms with Gasteiger partial charge in [0.1, 0.15) is 0 Å². The quantitative estimate of drug-likeness (QED) is 0.128. The third kappa shape index (κ3) is 8.66. The smallest absolute Gasteiger partial charge is 0.164 e. The lowest BCUT2D eigenvalue weighted by molar-refractivity contribution is 1.07. The molecule has 1 aliphatic rings. The Kier molecular flexibility index (Phi) is 11.3. The van der Waals surface area contributed by atoms with Gasteiger partial charge in [-0.1, -0.05) is 213 Å². The topological polar surface area (TPSA) is 77.3 Å². The monoisotopic (exact) mass is 836 g/mol. The molecule has 0 amide bonds. The zero-order valence-electron chi connectivity index (χ0n) is 36.2. The van der Waals surface area contributed by atoms with Gasteiger partial charge in [0.25, 0.3) is 0 Å². The standard InChI is InChI=1S/C59H44N6/c1-39(42-31-35-47(36-32-42)56-60-54(45-20-6-4-7-21-45)62-58(64-56)49-26-12-10-17-40(49)2)19-14-24-43-25-15-30-53-51(43)28-16-29-52(53)44-33-37-48(38-34-44)57-61-55(46-22-8-5-9-23-46)63-59(65-57)50-27-13-11-18-41(50)3/h4-24,26-38H,1,25H2,2-3H3/b19-14-,43-24+. The molecule has 9 aromatic rings. The molecule has 0 spiro atoms. The van der Waals surface area contributed by atoms with E-state index < -0.39 is 0 Å². The van der Waals surface area contributed by atoms with Crippen LogP contribution < -0.4 is 0 Å². The summed E-state index contributed by atoms with van der Waals surface area (Å²) in [4.78, 5) is 29.6. The average molecular weight is 837 g/mol. The molecule has 0 bridgehead atoms. The molecule has 10 rings (SSSR count). The van der Waals surface area contributed by atoms with Crippen molar-refractivity contribution in [1.29, 1.82) is 0 Å². The Morgan fingerprint density at radius 3 is 1.35 bits per heavy atom. The summed E-state index contributed by atoms with van der Waals surface area (Å²) < 4.78 is 0. The van der Waals surface area contributed by atoms with Crippen molar-refractivity contribution < 1.29 is 0 Å². The molecule has 1 aliphatic carbocycles. The van der Waals surface area contributed by atoms with Gasteiger partial charge in [-0.15, -0.1) is 0 Å². The lowest BCUT2D eigenvalue weighted by Gasteiger charge is -2.18. The van der Waals surface area contributed by atoms with E-state index in [2.05, 4.69) is 142 Å². The SMILES string of the molecule is C=C(/C=C\C=C1/CC=Cc2c1cccc2-c1ccc(-c2nc(-c3ccccc3)nc(-c3ccccc3C)n2)cc1)c1ccc(-c2nc(-c3ccccc3)nc(-c3ccccc3C)n2)cc1. The fraction of sp³-hybridized carbons (Fsp3) is 0.0508. The Bertz CT molecular complexity index is 3290. The molecule has 2 heterocycles. The zero-order valence-corrected chi connectivity index (χ0v) is 36.2. The molecule has 310 valence electrons. The first-order valence-electron chi connectivity index (χ1n) is 21.8. The van der Waals surface area contributed by atoms with Gasteiger partial charge in [0, 0.05) is 33.4 Å². The number of hydrogen-bond acceptors (Lipinski definition) is 6. The van der Waals surface area contributed by atoms with E-state index in [1.165, 1.54) is 22.3 Å². The molecule has 6 nitrogen and oxygen atoms in total. The van der Waals surface area contributed by atoms with Crippen LogP contribution in [0.5, 0.6) is 0 Å². The van der Waals surface area contributed by atoms with Crippen LogP contribution in [0.1, 0.15) is 34.2 Å². The van der Waals surface area contributed by atoms with E-state index in [4.69, 9.17) is 29.9 Å². The maximum atomic E-state index is 4.99. The molecule has 0 unspecified atom stereocenters. The number of allylic oxidation sites excluding steroid dienone is 6. The van der Waals surface area contributed by atoms with E-state index in [9.17, 15) is 0 Å². The minimum Gasteiger partial charge on any atom is -0.208 e. The van der Waals surface area contributed by atoms with Crippen LogP contribution in [-0.4, -0.2) is 29.9 Å². The second-order valence-electron chi connectivity index (χ2n) is 16.1. The number of benzene rings is 7. The van der Waals surface area contributed by atoms with Gasteiger partial charge in [0.2, 0.25) is 0 Å². The summed E-state index contributed by atoms with van der Waals surface area (Å²) in [6, 6.07) is 59.9. The van der Waals surface area contributed by atoms with Crippen molar-refractivity contribution in [3.05, 3.63) is 235 Å². The third-order valence-electron chi connectivity index (χ3n) is 11.7. The number of aryl methyl sites for hydroxylation is 2. The number of rotatable bonds is 10. The van der Waals surface area contributed by atoms with E-state index >= 15 is 0 Å². The molecule has 0 radical (unpaired) electrons. The zero-order chi connectivity index (χ0) is 44.1. The highest BCUT2D eigenvalue weighted by Crippen LogP contribution is 2.37. The highest BCUT2D eigenvalue weighted by Gasteiger charge is 2.17. The number of aromatic nitrogens is 6. The second kappa shape index (κ2) is 18.1. The van der Waals surface area contributed by atoms with Crippen molar-refractivity contribution in [2.75, 3.05) is 0 Å². The molecule has 65 heavy (non-hydrogen) atoms. The van der Waals surface area contributed by atoms with Crippen LogP contribution >= 0.6 is 0 Å². The van der Waals surface area contributed by atoms with E-state index in [-0.39, 0.29) is 0 Å². The average Bonchev–Trinajstić information content (AvgIpc) is 3.37. The van der Waals surface area contributed by atoms with Crippen molar-refractivity contribution in [3.8, 4) is 79.5 Å². The lowest BCUT2D eigenvalue weighted by atomic mass is 9.86. The van der Waals surface area contributed by atoms with Crippen molar-refractivity contribution in [3.63, 3.8) is 0 Å². The van der Waals surface area contributed by atoms with Crippen molar-refractivity contribution in [2.45, 2.75) is 20.3 Å². The predicted molar refractivity (Wildman–Crippen MR) is 267 cm³/mol. The molecule has 6 heteroatoms. The van der Waals surface area contributed by atoms with Gasteiger partial charge in [0.15, 0.2) is 34.9 Å². The summed E-state index contributed by atoms with van der Waals surface area (Å²) in [5.74, 6) is 3.88. The molecule has 0 saturated heterocycles. The minimum atomic E-state index is 0.626. The summed E-state index contributed by atoms with van der Waals surface area (Å²) in [5.41, 5.74) is 15.8. The Balaban J connectivity index is 0.885. The first-order valence-corrected chi connectivity index (χ1v) is 21.8. The van der Waals surface area contributed by atoms with Crippen LogP contribution in [0.15, 0.2) is 207 Å². The molecule has 0 N–H and O–H groups in total. The highest BCUT2D eigenvalue weighted by molar-refractivity contribution is 5.89. The second-order valence-corrected chi connectivity index (χ2v) is 16.1. The summed E-state index contributed by atoms with van der Waals surface area (Å²) in [6.07, 6.45) is 11.7. The predicted octanol–water partition coefficient (Wildman–Crippen LogP) is 14.4. The molecule has 0 atom stereocenters. The summed E-state index contributed by atoms with van der Waals surface area (Å²) in [6.45, 7) is 8.58. The van der Waals surface area contributed by atoms with Crippen molar-refractivity contribution in [1.82, 2.24) is 29.9 Å². The van der Waals surface area contributed by atoms with Crippen LogP contribution in [0.4, 0.5) is 0 Å². The van der Waals surface area contributed by atoms with Gasteiger partial charge >= 0.3 is 0 Å². The van der Waals surface area contributed by atoms with E-state index in [1.807, 2.05) is 84.9 Å². The normalized spacial score (nSPS) is 12.7. The maximum absolute atomic E-state index is 4.99. The Morgan fingerprint density at radius 2 is 0.831 bits per heavy atom. The Morgan fingerprint density at radius 1 is 0.415 bits per heavy atom. The van der Waals surface area contributed by atoms with Crippen LogP contribution in [0.2, 0.25) is 0 Å². The Labute approximate surface area is 379 Å². The molecule has 2 aromatic heterocycles. The minimum absolute atomic E-state index is 0.626. The fourth-order valence-corrected chi connectivity index (χ4v) is 8.19. The highest BCUT2D eigenvalue weighted by atomic mass is 15.0. The number of nitrogens with zero attached hydrogens (tertiary/aromatic N) is 6. The van der Waals surface area contributed by atoms with Crippen LogP contribution in [0.3, 0.4) is 0 Å². The Hall–Kier alpha value is -8.48. The van der Waals surface area contributed by atoms with E-state index in [0.717, 1.165) is 67.6 Å². The number of fused-ring (bicyclic) bond motifs is 1. The molecular weight excluding hydrogens is 793 g/mol. The molecule has 0 saturated carbocycles. The van der Waals surface area contributed by atoms with Gasteiger partial charge in [-0.05, 0) is 70.4 Å². The van der Waals surface area contributed by atoms with Gasteiger partial charge in [-0.25, -0.2) is 29.9 Å². The van der Waals surface area contributed by atoms with Crippen LogP contribution in [0.25, 0.3) is 96.7 Å². The van der Waals surface area contributed by atoms with Gasteiger partial charge < -0.3 is 0 Å². The van der Waals surface area contributed by atoms with Crippen molar-refractivity contribution >= 4 is 17.2 Å². The lowest BCUT2D eigenvalue weighted by Crippen LogP contribution is -2.01. The maximum Gasteiger partial charge on any atom is 0.164 e. The number of hydrogen-bond donors (Lipinski definition) is 0. The third-order valence-corrected chi connectivity index (χ3v) is 11.7. The molecule has 0 fully saturated rings. The summed E-state index contributed by atoms with van der Waals surface area (Å²) in [5, 5.41) is 0. The summed E-state index contributed by atoms with van der Waals surface area (Å²) in [7, 11) is 0. The summed E-state index contributed by atoms with van der Waals surface area (Å²) >= 11 is 0. The van der Waals surface area contributed by atoms with Gasteiger partial charge in [-0.3, -0.25) is 0 Å². The van der Waals surface area contributed by atoms with Crippen LogP contribution in [0, 0.1) is 13.8 Å².